The number of nitrogens with one attached hydrogen (secondary N) is 2. The molecule has 1 rings (SSSR count). The first-order valence-corrected chi connectivity index (χ1v) is 7.26. The first-order chi connectivity index (χ1) is 9.13. The molecule has 1 aromatic heterocycles. The minimum atomic E-state index is -0.00581. The van der Waals surface area contributed by atoms with Crippen LogP contribution in [0.2, 0.25) is 0 Å². The van der Waals surface area contributed by atoms with Crippen molar-refractivity contribution < 1.29 is 4.79 Å². The fourth-order valence-corrected chi connectivity index (χ4v) is 1.93. The van der Waals surface area contributed by atoms with Gasteiger partial charge in [-0.25, -0.2) is 4.99 Å². The molecular weight excluding hydrogens is 260 g/mol. The summed E-state index contributed by atoms with van der Waals surface area (Å²) >= 11 is 1.70. The van der Waals surface area contributed by atoms with E-state index in [0.29, 0.717) is 5.96 Å². The van der Waals surface area contributed by atoms with Gasteiger partial charge in [0.1, 0.15) is 6.54 Å². The van der Waals surface area contributed by atoms with Gasteiger partial charge in [-0.1, -0.05) is 13.0 Å². The monoisotopic (exact) mass is 282 g/mol. The Hall–Kier alpha value is -1.56. The summed E-state index contributed by atoms with van der Waals surface area (Å²) in [4.78, 5) is 18.6. The molecular formula is C13H22N4OS. The standard InChI is InChI=1S/C13H22N4OS/c1-4-7-14-13(16-10-12(18)17(2)3)15-9-11-6-5-8-19-11/h5-6,8H,4,7,9-10H2,1-3H3,(H2,14,15,16). The first kappa shape index (κ1) is 15.5. The van der Waals surface area contributed by atoms with Gasteiger partial charge in [0.05, 0.1) is 6.54 Å². The smallest absolute Gasteiger partial charge is 0.243 e. The zero-order chi connectivity index (χ0) is 14.1. The van der Waals surface area contributed by atoms with Crippen molar-refractivity contribution in [2.45, 2.75) is 19.9 Å². The second kappa shape index (κ2) is 8.53. The molecule has 19 heavy (non-hydrogen) atoms. The van der Waals surface area contributed by atoms with E-state index in [0.717, 1.165) is 19.5 Å². The van der Waals surface area contributed by atoms with Crippen LogP contribution < -0.4 is 10.6 Å². The number of carbonyl (C=O) groups is 1. The summed E-state index contributed by atoms with van der Waals surface area (Å²) in [7, 11) is 3.46. The Bertz CT molecular complexity index is 401. The van der Waals surface area contributed by atoms with Crippen LogP contribution in [-0.2, 0) is 11.3 Å². The number of thiophene rings is 1. The van der Waals surface area contributed by atoms with Crippen molar-refractivity contribution in [3.63, 3.8) is 0 Å². The van der Waals surface area contributed by atoms with Gasteiger partial charge in [-0.15, -0.1) is 11.3 Å². The van der Waals surface area contributed by atoms with Gasteiger partial charge >= 0.3 is 0 Å². The Balaban J connectivity index is 2.50. The van der Waals surface area contributed by atoms with Gasteiger partial charge in [0.2, 0.25) is 5.91 Å². The van der Waals surface area contributed by atoms with Crippen LogP contribution in [0.15, 0.2) is 22.5 Å². The Morgan fingerprint density at radius 3 is 2.79 bits per heavy atom. The third-order valence-corrected chi connectivity index (χ3v) is 3.30. The third kappa shape index (κ3) is 6.24. The molecule has 0 aromatic carbocycles. The molecule has 0 aliphatic heterocycles. The summed E-state index contributed by atoms with van der Waals surface area (Å²) in [6.45, 7) is 3.82. The maximum Gasteiger partial charge on any atom is 0.243 e. The molecule has 0 saturated heterocycles. The SMILES string of the molecule is CCCNC(=NCC(=O)N(C)C)NCc1cccs1. The molecule has 106 valence electrons. The molecule has 1 amide bonds. The van der Waals surface area contributed by atoms with Crippen molar-refractivity contribution >= 4 is 23.2 Å². The number of guanidine groups is 1. The van der Waals surface area contributed by atoms with Crippen LogP contribution in [0.4, 0.5) is 0 Å². The second-order valence-electron chi connectivity index (χ2n) is 4.31. The molecule has 5 nitrogen and oxygen atoms in total. The van der Waals surface area contributed by atoms with Crippen LogP contribution in [0, 0.1) is 0 Å². The van der Waals surface area contributed by atoms with Crippen LogP contribution in [0.25, 0.3) is 0 Å². The molecule has 0 unspecified atom stereocenters. The Labute approximate surface area is 118 Å². The predicted octanol–water partition coefficient (Wildman–Crippen LogP) is 1.28. The zero-order valence-corrected chi connectivity index (χ0v) is 12.6. The number of aliphatic imine (C=N–C) groups is 1. The van der Waals surface area contributed by atoms with Crippen LogP contribution in [-0.4, -0.2) is 44.0 Å². The van der Waals surface area contributed by atoms with Gasteiger partial charge in [-0.05, 0) is 17.9 Å². The third-order valence-electron chi connectivity index (χ3n) is 2.42. The van der Waals surface area contributed by atoms with Gasteiger partial charge in [-0.3, -0.25) is 4.79 Å². The van der Waals surface area contributed by atoms with Crippen LogP contribution in [0.3, 0.4) is 0 Å². The summed E-state index contributed by atoms with van der Waals surface area (Å²) < 4.78 is 0. The number of likely N-dealkylation sites (N-methyl/N-ethyl adjacent to an activating group) is 1. The molecule has 1 heterocycles. The molecule has 0 aliphatic rings. The van der Waals surface area contributed by atoms with Crippen LogP contribution >= 0.6 is 11.3 Å². The van der Waals surface area contributed by atoms with Crippen molar-refractivity contribution in [2.75, 3.05) is 27.2 Å². The number of carbonyl (C=O) groups excluding carboxylic acids is 1. The molecule has 2 N–H and O–H groups in total. The topological polar surface area (TPSA) is 56.7 Å². The van der Waals surface area contributed by atoms with Crippen molar-refractivity contribution in [1.29, 1.82) is 0 Å². The average molecular weight is 282 g/mol. The lowest BCUT2D eigenvalue weighted by Crippen LogP contribution is -2.38. The summed E-state index contributed by atoms with van der Waals surface area (Å²) in [5.41, 5.74) is 0. The molecule has 0 saturated carbocycles. The van der Waals surface area contributed by atoms with Gasteiger partial charge in [0.25, 0.3) is 0 Å². The summed E-state index contributed by atoms with van der Waals surface area (Å²) in [5, 5.41) is 8.47. The molecule has 1 aromatic rings. The van der Waals surface area contributed by atoms with E-state index in [1.807, 2.05) is 11.4 Å². The zero-order valence-electron chi connectivity index (χ0n) is 11.8. The maximum atomic E-state index is 11.5. The van der Waals surface area contributed by atoms with Crippen molar-refractivity contribution in [3.05, 3.63) is 22.4 Å². The van der Waals surface area contributed by atoms with Gasteiger partial charge < -0.3 is 15.5 Å². The van der Waals surface area contributed by atoms with Crippen LogP contribution in [0.1, 0.15) is 18.2 Å². The van der Waals surface area contributed by atoms with Gasteiger partial charge in [0.15, 0.2) is 5.96 Å². The lowest BCUT2D eigenvalue weighted by molar-refractivity contribution is -0.127. The summed E-state index contributed by atoms with van der Waals surface area (Å²) in [6.07, 6.45) is 1.02. The molecule has 0 atom stereocenters. The van der Waals surface area contributed by atoms with E-state index in [1.165, 1.54) is 4.88 Å². The highest BCUT2D eigenvalue weighted by Gasteiger charge is 2.04. The molecule has 6 heteroatoms. The van der Waals surface area contributed by atoms with Crippen molar-refractivity contribution in [2.24, 2.45) is 4.99 Å². The minimum Gasteiger partial charge on any atom is -0.356 e. The summed E-state index contributed by atoms with van der Waals surface area (Å²) in [6, 6.07) is 4.09. The van der Waals surface area contributed by atoms with E-state index in [-0.39, 0.29) is 12.5 Å². The Kier molecular flexibility index (Phi) is 6.95. The van der Waals surface area contributed by atoms with Gasteiger partial charge in [0, 0.05) is 25.5 Å². The number of nitrogens with zero attached hydrogens (tertiary/aromatic N) is 2. The quantitative estimate of drug-likeness (QED) is 0.610. The fourth-order valence-electron chi connectivity index (χ4n) is 1.29. The largest absolute Gasteiger partial charge is 0.356 e. The predicted molar refractivity (Wildman–Crippen MR) is 80.4 cm³/mol. The summed E-state index contributed by atoms with van der Waals surface area (Å²) in [5.74, 6) is 0.680. The van der Waals surface area contributed by atoms with E-state index >= 15 is 0 Å². The maximum absolute atomic E-state index is 11.5. The normalized spacial score (nSPS) is 11.2. The van der Waals surface area contributed by atoms with Gasteiger partial charge in [-0.2, -0.15) is 0 Å². The Morgan fingerprint density at radius 1 is 1.42 bits per heavy atom. The molecule has 0 aliphatic carbocycles. The van der Waals surface area contributed by atoms with E-state index in [9.17, 15) is 4.79 Å². The van der Waals surface area contributed by atoms with E-state index in [2.05, 4.69) is 28.6 Å². The van der Waals surface area contributed by atoms with Crippen molar-refractivity contribution in [1.82, 2.24) is 15.5 Å². The highest BCUT2D eigenvalue weighted by molar-refractivity contribution is 7.09. The number of rotatable bonds is 6. The number of amides is 1. The average Bonchev–Trinajstić information content (AvgIpc) is 2.90. The van der Waals surface area contributed by atoms with E-state index < -0.39 is 0 Å². The van der Waals surface area contributed by atoms with E-state index in [4.69, 9.17) is 0 Å². The first-order valence-electron chi connectivity index (χ1n) is 6.38. The Morgan fingerprint density at radius 2 is 2.21 bits per heavy atom. The molecule has 0 fully saturated rings. The highest BCUT2D eigenvalue weighted by Crippen LogP contribution is 2.07. The van der Waals surface area contributed by atoms with E-state index in [1.54, 1.807) is 30.3 Å². The fraction of sp³-hybridized carbons (Fsp3) is 0.538. The molecule has 0 radical (unpaired) electrons. The molecule has 0 spiro atoms. The minimum absolute atomic E-state index is 0.00581. The molecule has 0 bridgehead atoms. The lowest BCUT2D eigenvalue weighted by atomic mass is 10.4. The van der Waals surface area contributed by atoms with Crippen molar-refractivity contribution in [3.8, 4) is 0 Å². The lowest BCUT2D eigenvalue weighted by Gasteiger charge is -2.12. The number of hydrogen-bond donors (Lipinski definition) is 2. The van der Waals surface area contributed by atoms with Crippen LogP contribution in [0.5, 0.6) is 0 Å². The number of hydrogen-bond acceptors (Lipinski definition) is 3. The highest BCUT2D eigenvalue weighted by atomic mass is 32.1. The second-order valence-corrected chi connectivity index (χ2v) is 5.34.